The fourth-order valence-corrected chi connectivity index (χ4v) is 3.64. The second-order valence-corrected chi connectivity index (χ2v) is 6.21. The third-order valence-corrected chi connectivity index (χ3v) is 5.02. The van der Waals surface area contributed by atoms with Crippen molar-refractivity contribution in [3.05, 3.63) is 35.4 Å². The molecule has 1 fully saturated rings. The normalized spacial score (nSPS) is 27.3. The molecule has 92 valence electrons. The second-order valence-electron chi connectivity index (χ2n) is 6.21. The maximum atomic E-state index is 10.5. The first kappa shape index (κ1) is 11.3. The number of benzene rings is 1. The van der Waals surface area contributed by atoms with Crippen molar-refractivity contribution in [2.45, 2.75) is 57.5 Å². The Morgan fingerprint density at radius 2 is 2.00 bits per heavy atom. The largest absolute Gasteiger partial charge is 0.393 e. The SMILES string of the molecule is CC1(C(O)CC2Cc3ccccc32)CCCC1. The van der Waals surface area contributed by atoms with Crippen molar-refractivity contribution in [3.8, 4) is 0 Å². The molecule has 2 aliphatic rings. The van der Waals surface area contributed by atoms with Crippen molar-refractivity contribution < 1.29 is 5.11 Å². The molecule has 0 amide bonds. The summed E-state index contributed by atoms with van der Waals surface area (Å²) in [6, 6.07) is 8.68. The maximum absolute atomic E-state index is 10.5. The highest BCUT2D eigenvalue weighted by Gasteiger charge is 2.38. The van der Waals surface area contributed by atoms with Gasteiger partial charge in [0.1, 0.15) is 0 Å². The number of hydrogen-bond acceptors (Lipinski definition) is 1. The van der Waals surface area contributed by atoms with Crippen LogP contribution in [-0.2, 0) is 6.42 Å². The second kappa shape index (κ2) is 4.13. The van der Waals surface area contributed by atoms with Gasteiger partial charge in [0.25, 0.3) is 0 Å². The van der Waals surface area contributed by atoms with E-state index in [1.165, 1.54) is 43.2 Å². The molecule has 3 rings (SSSR count). The number of aliphatic hydroxyl groups is 1. The molecule has 1 nitrogen and oxygen atoms in total. The van der Waals surface area contributed by atoms with Gasteiger partial charge in [-0.1, -0.05) is 44.0 Å². The van der Waals surface area contributed by atoms with E-state index < -0.39 is 0 Å². The summed E-state index contributed by atoms with van der Waals surface area (Å²) >= 11 is 0. The van der Waals surface area contributed by atoms with E-state index >= 15 is 0 Å². The van der Waals surface area contributed by atoms with Gasteiger partial charge in [-0.15, -0.1) is 0 Å². The van der Waals surface area contributed by atoms with Gasteiger partial charge in [-0.25, -0.2) is 0 Å². The summed E-state index contributed by atoms with van der Waals surface area (Å²) in [5, 5.41) is 10.5. The molecule has 1 saturated carbocycles. The van der Waals surface area contributed by atoms with Crippen LogP contribution in [0.25, 0.3) is 0 Å². The molecule has 0 spiro atoms. The van der Waals surface area contributed by atoms with E-state index in [0.717, 1.165) is 6.42 Å². The molecular weight excluding hydrogens is 208 g/mol. The molecule has 0 heterocycles. The molecule has 0 saturated heterocycles. The molecule has 1 aromatic rings. The van der Waals surface area contributed by atoms with E-state index in [1.54, 1.807) is 0 Å². The Morgan fingerprint density at radius 1 is 1.29 bits per heavy atom. The van der Waals surface area contributed by atoms with Gasteiger partial charge < -0.3 is 5.11 Å². The Balaban J connectivity index is 1.66. The minimum Gasteiger partial charge on any atom is -0.393 e. The van der Waals surface area contributed by atoms with Gasteiger partial charge in [-0.3, -0.25) is 0 Å². The summed E-state index contributed by atoms with van der Waals surface area (Å²) in [5.74, 6) is 0.610. The number of hydrogen-bond donors (Lipinski definition) is 1. The number of fused-ring (bicyclic) bond motifs is 1. The van der Waals surface area contributed by atoms with Crippen LogP contribution in [0.3, 0.4) is 0 Å². The quantitative estimate of drug-likeness (QED) is 0.840. The molecule has 2 aliphatic carbocycles. The third kappa shape index (κ3) is 1.91. The Labute approximate surface area is 104 Å². The zero-order valence-electron chi connectivity index (χ0n) is 10.7. The average molecular weight is 230 g/mol. The van der Waals surface area contributed by atoms with Crippen molar-refractivity contribution in [2.75, 3.05) is 0 Å². The van der Waals surface area contributed by atoms with E-state index in [-0.39, 0.29) is 11.5 Å². The zero-order valence-corrected chi connectivity index (χ0v) is 10.7. The first-order valence-corrected chi connectivity index (χ1v) is 6.95. The molecule has 2 unspecified atom stereocenters. The third-order valence-electron chi connectivity index (χ3n) is 5.02. The molecule has 1 heteroatoms. The van der Waals surface area contributed by atoms with Crippen LogP contribution in [0, 0.1) is 5.41 Å². The van der Waals surface area contributed by atoms with E-state index in [9.17, 15) is 5.11 Å². The lowest BCUT2D eigenvalue weighted by atomic mass is 9.70. The lowest BCUT2D eigenvalue weighted by molar-refractivity contribution is 0.0276. The Hall–Kier alpha value is -0.820. The fourth-order valence-electron chi connectivity index (χ4n) is 3.64. The van der Waals surface area contributed by atoms with E-state index in [4.69, 9.17) is 0 Å². The molecule has 2 atom stereocenters. The first-order valence-electron chi connectivity index (χ1n) is 6.95. The summed E-state index contributed by atoms with van der Waals surface area (Å²) in [6.07, 6.45) is 7.05. The first-order chi connectivity index (χ1) is 8.19. The van der Waals surface area contributed by atoms with Crippen molar-refractivity contribution in [1.29, 1.82) is 0 Å². The molecule has 1 aromatic carbocycles. The molecule has 0 radical (unpaired) electrons. The van der Waals surface area contributed by atoms with Gasteiger partial charge in [0, 0.05) is 0 Å². The monoisotopic (exact) mass is 230 g/mol. The van der Waals surface area contributed by atoms with Crippen molar-refractivity contribution >= 4 is 0 Å². The predicted octanol–water partition coefficient (Wildman–Crippen LogP) is 3.66. The molecule has 1 N–H and O–H groups in total. The molecule has 0 bridgehead atoms. The van der Waals surface area contributed by atoms with Gasteiger partial charge in [-0.05, 0) is 48.1 Å². The number of aliphatic hydroxyl groups excluding tert-OH is 1. The van der Waals surface area contributed by atoms with E-state index in [2.05, 4.69) is 31.2 Å². The van der Waals surface area contributed by atoms with Gasteiger partial charge in [-0.2, -0.15) is 0 Å². The van der Waals surface area contributed by atoms with Gasteiger partial charge in [0.15, 0.2) is 0 Å². The molecule has 0 aromatic heterocycles. The molecular formula is C16H22O. The van der Waals surface area contributed by atoms with E-state index in [1.807, 2.05) is 0 Å². The van der Waals surface area contributed by atoms with Crippen LogP contribution in [0.5, 0.6) is 0 Å². The Bertz CT molecular complexity index is 404. The summed E-state index contributed by atoms with van der Waals surface area (Å²) in [6.45, 7) is 2.27. The summed E-state index contributed by atoms with van der Waals surface area (Å²) in [7, 11) is 0. The van der Waals surface area contributed by atoms with Crippen molar-refractivity contribution in [1.82, 2.24) is 0 Å². The highest BCUT2D eigenvalue weighted by molar-refractivity contribution is 5.39. The standard InChI is InChI=1S/C16H22O/c1-16(8-4-5-9-16)15(17)11-13-10-12-6-2-3-7-14(12)13/h2-3,6-7,13,15,17H,4-5,8-11H2,1H3. The van der Waals surface area contributed by atoms with E-state index in [0.29, 0.717) is 5.92 Å². The van der Waals surface area contributed by atoms with Crippen LogP contribution in [0.2, 0.25) is 0 Å². The van der Waals surface area contributed by atoms with Crippen LogP contribution < -0.4 is 0 Å². The Morgan fingerprint density at radius 3 is 2.71 bits per heavy atom. The fraction of sp³-hybridized carbons (Fsp3) is 0.625. The summed E-state index contributed by atoms with van der Waals surface area (Å²) in [5.41, 5.74) is 3.17. The van der Waals surface area contributed by atoms with Crippen molar-refractivity contribution in [2.24, 2.45) is 5.41 Å². The van der Waals surface area contributed by atoms with Crippen LogP contribution in [0.1, 0.15) is 56.1 Å². The van der Waals surface area contributed by atoms with Gasteiger partial charge in [0.2, 0.25) is 0 Å². The van der Waals surface area contributed by atoms with Crippen molar-refractivity contribution in [3.63, 3.8) is 0 Å². The van der Waals surface area contributed by atoms with Crippen LogP contribution in [0.15, 0.2) is 24.3 Å². The maximum Gasteiger partial charge on any atom is 0.0599 e. The Kier molecular flexibility index (Phi) is 2.74. The smallest absolute Gasteiger partial charge is 0.0599 e. The van der Waals surface area contributed by atoms with Gasteiger partial charge >= 0.3 is 0 Å². The van der Waals surface area contributed by atoms with Crippen LogP contribution in [0.4, 0.5) is 0 Å². The summed E-state index contributed by atoms with van der Waals surface area (Å²) < 4.78 is 0. The highest BCUT2D eigenvalue weighted by Crippen LogP contribution is 2.46. The lowest BCUT2D eigenvalue weighted by Crippen LogP contribution is -2.33. The number of rotatable bonds is 3. The van der Waals surface area contributed by atoms with Crippen LogP contribution >= 0.6 is 0 Å². The topological polar surface area (TPSA) is 20.2 Å². The minimum absolute atomic E-state index is 0.108. The average Bonchev–Trinajstić information content (AvgIpc) is 2.74. The highest BCUT2D eigenvalue weighted by atomic mass is 16.3. The molecule has 17 heavy (non-hydrogen) atoms. The molecule has 0 aliphatic heterocycles. The van der Waals surface area contributed by atoms with Gasteiger partial charge in [0.05, 0.1) is 6.10 Å². The summed E-state index contributed by atoms with van der Waals surface area (Å²) in [4.78, 5) is 0. The minimum atomic E-state index is -0.108. The zero-order chi connectivity index (χ0) is 11.9. The predicted molar refractivity (Wildman–Crippen MR) is 70.1 cm³/mol. The van der Waals surface area contributed by atoms with Crippen LogP contribution in [-0.4, -0.2) is 11.2 Å². The lowest BCUT2D eigenvalue weighted by Gasteiger charge is -2.37.